The number of methoxy groups -OCH3 is 1. The van der Waals surface area contributed by atoms with Crippen molar-refractivity contribution >= 4 is 39.6 Å². The number of hydrogen-bond donors (Lipinski definition) is 0. The van der Waals surface area contributed by atoms with Crippen LogP contribution in [0, 0.1) is 17.0 Å². The maximum atomic E-state index is 12.2. The van der Waals surface area contributed by atoms with Crippen LogP contribution in [-0.2, 0) is 9.53 Å². The number of nitro groups is 1. The number of nitro benzene ring substituents is 1. The van der Waals surface area contributed by atoms with Gasteiger partial charge in [0.05, 0.1) is 12.0 Å². The topological polar surface area (TPSA) is 91.0 Å². The minimum absolute atomic E-state index is 0.0344. The van der Waals surface area contributed by atoms with E-state index in [1.807, 2.05) is 0 Å². The third-order valence-corrected chi connectivity index (χ3v) is 4.18. The van der Waals surface area contributed by atoms with Gasteiger partial charge in [0.25, 0.3) is 5.69 Å². The molecule has 2 aromatic carbocycles. The van der Waals surface area contributed by atoms with Crippen molar-refractivity contribution in [2.24, 2.45) is 4.99 Å². The summed E-state index contributed by atoms with van der Waals surface area (Å²) in [5.74, 6) is -0.220. The molecule has 1 heterocycles. The first-order valence-electron chi connectivity index (χ1n) is 7.50. The van der Waals surface area contributed by atoms with E-state index in [1.165, 1.54) is 19.3 Å². The van der Waals surface area contributed by atoms with Crippen molar-refractivity contribution < 1.29 is 19.2 Å². The zero-order valence-corrected chi connectivity index (χ0v) is 15.4. The van der Waals surface area contributed by atoms with Gasteiger partial charge in [-0.1, -0.05) is 22.0 Å². The van der Waals surface area contributed by atoms with Crippen LogP contribution in [0.2, 0.25) is 0 Å². The number of rotatable bonds is 4. The molecule has 0 spiro atoms. The number of carbonyl (C=O) groups excluding carboxylic acids is 1. The van der Waals surface area contributed by atoms with Crippen LogP contribution in [0.3, 0.4) is 0 Å². The quantitative estimate of drug-likeness (QED) is 0.324. The van der Waals surface area contributed by atoms with E-state index in [2.05, 4.69) is 20.9 Å². The number of ether oxygens (including phenoxy) is 2. The largest absolute Gasteiger partial charge is 0.496 e. The Bertz CT molecular complexity index is 982. The van der Waals surface area contributed by atoms with E-state index in [4.69, 9.17) is 9.47 Å². The summed E-state index contributed by atoms with van der Waals surface area (Å²) in [7, 11) is 1.52. The van der Waals surface area contributed by atoms with Crippen molar-refractivity contribution in [3.8, 4) is 5.75 Å². The first-order valence-corrected chi connectivity index (χ1v) is 8.30. The Morgan fingerprint density at radius 3 is 2.73 bits per heavy atom. The van der Waals surface area contributed by atoms with Gasteiger partial charge in [-0.25, -0.2) is 9.79 Å². The molecule has 0 amide bonds. The Morgan fingerprint density at radius 2 is 2.04 bits per heavy atom. The second-order valence-electron chi connectivity index (χ2n) is 5.50. The Morgan fingerprint density at radius 1 is 1.27 bits per heavy atom. The normalized spacial score (nSPS) is 15.0. The Kier molecular flexibility index (Phi) is 4.85. The minimum atomic E-state index is -0.683. The standard InChI is InChI=1S/C18H13BrN2O5/c1-10-3-5-15(21(23)24)13(7-10)17-20-14(18(22)26-17)9-11-8-12(19)4-6-16(11)25-2/h3-9H,1-2H3. The molecule has 26 heavy (non-hydrogen) atoms. The fourth-order valence-electron chi connectivity index (χ4n) is 2.47. The lowest BCUT2D eigenvalue weighted by atomic mass is 10.1. The first kappa shape index (κ1) is 17.8. The second kappa shape index (κ2) is 7.09. The molecule has 0 radical (unpaired) electrons. The zero-order valence-electron chi connectivity index (χ0n) is 13.9. The van der Waals surface area contributed by atoms with E-state index in [1.54, 1.807) is 37.3 Å². The molecule has 0 saturated heterocycles. The summed E-state index contributed by atoms with van der Waals surface area (Å²) >= 11 is 3.36. The monoisotopic (exact) mass is 416 g/mol. The lowest BCUT2D eigenvalue weighted by Gasteiger charge is -2.04. The zero-order chi connectivity index (χ0) is 18.8. The smallest absolute Gasteiger partial charge is 0.363 e. The minimum Gasteiger partial charge on any atom is -0.496 e. The van der Waals surface area contributed by atoms with Crippen LogP contribution in [-0.4, -0.2) is 23.9 Å². The summed E-state index contributed by atoms with van der Waals surface area (Å²) in [6, 6.07) is 9.85. The van der Waals surface area contributed by atoms with E-state index in [0.717, 1.165) is 10.0 Å². The van der Waals surface area contributed by atoms with Gasteiger partial charge in [0, 0.05) is 16.1 Å². The average molecular weight is 417 g/mol. The second-order valence-corrected chi connectivity index (χ2v) is 6.42. The number of nitrogens with zero attached hydrogens (tertiary/aromatic N) is 2. The van der Waals surface area contributed by atoms with Gasteiger partial charge >= 0.3 is 5.97 Å². The summed E-state index contributed by atoms with van der Waals surface area (Å²) in [5.41, 5.74) is 1.43. The van der Waals surface area contributed by atoms with Crippen LogP contribution >= 0.6 is 15.9 Å². The predicted molar refractivity (Wildman–Crippen MR) is 99.1 cm³/mol. The molecule has 1 aliphatic heterocycles. The summed E-state index contributed by atoms with van der Waals surface area (Å²) < 4.78 is 11.2. The fraction of sp³-hybridized carbons (Fsp3) is 0.111. The highest BCUT2D eigenvalue weighted by Gasteiger charge is 2.29. The van der Waals surface area contributed by atoms with E-state index >= 15 is 0 Å². The molecule has 0 saturated carbocycles. The molecule has 0 aliphatic carbocycles. The van der Waals surface area contributed by atoms with Crippen LogP contribution in [0.25, 0.3) is 6.08 Å². The van der Waals surface area contributed by atoms with Crippen LogP contribution in [0.5, 0.6) is 5.75 Å². The molecule has 0 bridgehead atoms. The number of halogens is 1. The Labute approximate surface area is 157 Å². The van der Waals surface area contributed by atoms with E-state index < -0.39 is 10.9 Å². The number of aryl methyl sites for hydroxylation is 1. The van der Waals surface area contributed by atoms with Crippen LogP contribution < -0.4 is 4.74 Å². The molecular weight excluding hydrogens is 404 g/mol. The van der Waals surface area contributed by atoms with Gasteiger partial charge in [-0.2, -0.15) is 0 Å². The SMILES string of the molecule is COc1ccc(Br)cc1C=C1N=C(c2cc(C)ccc2[N+](=O)[O-])OC1=O. The summed E-state index contributed by atoms with van der Waals surface area (Å²) in [4.78, 5) is 27.0. The number of carbonyl (C=O) groups is 1. The summed E-state index contributed by atoms with van der Waals surface area (Å²) in [5, 5.41) is 11.2. The maximum absolute atomic E-state index is 12.2. The van der Waals surface area contributed by atoms with Gasteiger partial charge in [-0.3, -0.25) is 10.1 Å². The molecule has 0 atom stereocenters. The van der Waals surface area contributed by atoms with Crippen molar-refractivity contribution in [1.29, 1.82) is 0 Å². The average Bonchev–Trinajstić information content (AvgIpc) is 2.95. The number of cyclic esters (lactones) is 1. The van der Waals surface area contributed by atoms with Crippen molar-refractivity contribution in [3.05, 3.63) is 73.4 Å². The van der Waals surface area contributed by atoms with E-state index in [-0.39, 0.29) is 22.8 Å². The number of esters is 1. The molecule has 0 aromatic heterocycles. The summed E-state index contributed by atoms with van der Waals surface area (Å²) in [6.07, 6.45) is 1.51. The van der Waals surface area contributed by atoms with E-state index in [9.17, 15) is 14.9 Å². The molecule has 0 unspecified atom stereocenters. The van der Waals surface area contributed by atoms with Gasteiger partial charge in [0.2, 0.25) is 5.90 Å². The van der Waals surface area contributed by atoms with E-state index in [0.29, 0.717) is 11.3 Å². The molecule has 2 aromatic rings. The van der Waals surface area contributed by atoms with Crippen molar-refractivity contribution in [2.75, 3.05) is 7.11 Å². The predicted octanol–water partition coefficient (Wildman–Crippen LogP) is 4.02. The van der Waals surface area contributed by atoms with Gasteiger partial charge < -0.3 is 9.47 Å². The molecule has 7 nitrogen and oxygen atoms in total. The van der Waals surface area contributed by atoms with Gasteiger partial charge in [-0.05, 0) is 42.8 Å². The molecule has 3 rings (SSSR count). The molecule has 0 N–H and O–H groups in total. The van der Waals surface area contributed by atoms with Gasteiger partial charge in [-0.15, -0.1) is 0 Å². The third-order valence-electron chi connectivity index (χ3n) is 3.68. The van der Waals surface area contributed by atoms with Gasteiger partial charge in [0.1, 0.15) is 11.3 Å². The molecule has 0 fully saturated rings. The highest BCUT2D eigenvalue weighted by atomic mass is 79.9. The fourth-order valence-corrected chi connectivity index (χ4v) is 2.85. The highest BCUT2D eigenvalue weighted by molar-refractivity contribution is 9.10. The van der Waals surface area contributed by atoms with Crippen molar-refractivity contribution in [3.63, 3.8) is 0 Å². The Balaban J connectivity index is 2.07. The Hall–Kier alpha value is -3.00. The number of aliphatic imine (C=N–C) groups is 1. The van der Waals surface area contributed by atoms with Crippen LogP contribution in [0.15, 0.2) is 51.6 Å². The molecule has 8 heteroatoms. The molecule has 1 aliphatic rings. The lowest BCUT2D eigenvalue weighted by Crippen LogP contribution is -2.08. The third kappa shape index (κ3) is 3.50. The number of hydrogen-bond acceptors (Lipinski definition) is 6. The van der Waals surface area contributed by atoms with Crippen molar-refractivity contribution in [1.82, 2.24) is 0 Å². The van der Waals surface area contributed by atoms with Gasteiger partial charge in [0.15, 0.2) is 5.70 Å². The van der Waals surface area contributed by atoms with Crippen LogP contribution in [0.4, 0.5) is 5.69 Å². The first-order chi connectivity index (χ1) is 12.4. The lowest BCUT2D eigenvalue weighted by molar-refractivity contribution is -0.385. The number of benzene rings is 2. The molecule has 132 valence electrons. The highest BCUT2D eigenvalue weighted by Crippen LogP contribution is 2.29. The molecular formula is C18H13BrN2O5. The van der Waals surface area contributed by atoms with Crippen molar-refractivity contribution in [2.45, 2.75) is 6.92 Å². The summed E-state index contributed by atoms with van der Waals surface area (Å²) in [6.45, 7) is 1.79. The maximum Gasteiger partial charge on any atom is 0.363 e. The van der Waals surface area contributed by atoms with Crippen LogP contribution in [0.1, 0.15) is 16.7 Å².